The van der Waals surface area contributed by atoms with Crippen molar-refractivity contribution < 1.29 is 4.79 Å². The van der Waals surface area contributed by atoms with Gasteiger partial charge in [0.1, 0.15) is 4.83 Å². The standard InChI is InChI=1S/C19H20ClN3O2S/c1-3-4-5-10-23-11-21-18-15(19(23)25)12(2)16(26-18)17(24)22-14-8-6-13(20)7-9-14/h6-9,11H,3-5,10H2,1-2H3,(H,22,24). The first-order chi connectivity index (χ1) is 12.5. The van der Waals surface area contributed by atoms with E-state index in [1.54, 1.807) is 42.1 Å². The summed E-state index contributed by atoms with van der Waals surface area (Å²) >= 11 is 7.11. The number of aromatic nitrogens is 2. The van der Waals surface area contributed by atoms with Crippen LogP contribution >= 0.6 is 22.9 Å². The Morgan fingerprint density at radius 3 is 2.69 bits per heavy atom. The van der Waals surface area contributed by atoms with Gasteiger partial charge in [0.25, 0.3) is 11.5 Å². The summed E-state index contributed by atoms with van der Waals surface area (Å²) in [7, 11) is 0. The van der Waals surface area contributed by atoms with Crippen LogP contribution in [0.15, 0.2) is 35.4 Å². The minimum Gasteiger partial charge on any atom is -0.321 e. The Morgan fingerprint density at radius 1 is 1.27 bits per heavy atom. The van der Waals surface area contributed by atoms with E-state index in [9.17, 15) is 9.59 Å². The molecule has 26 heavy (non-hydrogen) atoms. The lowest BCUT2D eigenvalue weighted by molar-refractivity contribution is 0.103. The van der Waals surface area contributed by atoms with Gasteiger partial charge in [-0.1, -0.05) is 31.4 Å². The lowest BCUT2D eigenvalue weighted by Gasteiger charge is -2.05. The summed E-state index contributed by atoms with van der Waals surface area (Å²) in [5, 5.41) is 3.98. The van der Waals surface area contributed by atoms with Gasteiger partial charge in [0.2, 0.25) is 0 Å². The van der Waals surface area contributed by atoms with E-state index < -0.39 is 0 Å². The van der Waals surface area contributed by atoms with Crippen LogP contribution in [-0.2, 0) is 6.54 Å². The molecule has 0 aliphatic rings. The van der Waals surface area contributed by atoms with Crippen LogP contribution in [0.1, 0.15) is 41.4 Å². The SMILES string of the molecule is CCCCCn1cnc2sc(C(=O)Nc3ccc(Cl)cc3)c(C)c2c1=O. The number of carbonyl (C=O) groups excluding carboxylic acids is 1. The molecule has 0 aliphatic carbocycles. The molecule has 0 atom stereocenters. The number of amides is 1. The van der Waals surface area contributed by atoms with E-state index in [0.29, 0.717) is 37.9 Å². The monoisotopic (exact) mass is 389 g/mol. The molecule has 7 heteroatoms. The summed E-state index contributed by atoms with van der Waals surface area (Å²) in [4.78, 5) is 30.9. The number of unbranched alkanes of at least 4 members (excludes halogenated alkanes) is 2. The van der Waals surface area contributed by atoms with Crippen molar-refractivity contribution in [3.8, 4) is 0 Å². The lowest BCUT2D eigenvalue weighted by Crippen LogP contribution is -2.20. The third-order valence-electron chi connectivity index (χ3n) is 4.23. The predicted molar refractivity (Wildman–Crippen MR) is 108 cm³/mol. The number of benzene rings is 1. The van der Waals surface area contributed by atoms with Gasteiger partial charge in [0.05, 0.1) is 16.6 Å². The fourth-order valence-electron chi connectivity index (χ4n) is 2.79. The Hall–Kier alpha value is -2.18. The van der Waals surface area contributed by atoms with Crippen LogP contribution < -0.4 is 10.9 Å². The van der Waals surface area contributed by atoms with Crippen molar-refractivity contribution in [3.63, 3.8) is 0 Å². The number of nitrogens with one attached hydrogen (secondary N) is 1. The molecule has 0 radical (unpaired) electrons. The van der Waals surface area contributed by atoms with Crippen LogP contribution in [0.3, 0.4) is 0 Å². The van der Waals surface area contributed by atoms with E-state index in [-0.39, 0.29) is 11.5 Å². The second kappa shape index (κ2) is 8.01. The summed E-state index contributed by atoms with van der Waals surface area (Å²) in [6.45, 7) is 4.57. The van der Waals surface area contributed by atoms with Gasteiger partial charge in [0, 0.05) is 17.3 Å². The van der Waals surface area contributed by atoms with Gasteiger partial charge < -0.3 is 5.32 Å². The Morgan fingerprint density at radius 2 is 2.00 bits per heavy atom. The Balaban J connectivity index is 1.90. The highest BCUT2D eigenvalue weighted by atomic mass is 35.5. The number of aryl methyl sites for hydroxylation is 2. The number of nitrogens with zero attached hydrogens (tertiary/aromatic N) is 2. The lowest BCUT2D eigenvalue weighted by atomic mass is 10.2. The van der Waals surface area contributed by atoms with Gasteiger partial charge in [-0.15, -0.1) is 11.3 Å². The third kappa shape index (κ3) is 3.81. The highest BCUT2D eigenvalue weighted by Gasteiger charge is 2.19. The molecule has 0 saturated carbocycles. The molecular formula is C19H20ClN3O2S. The van der Waals surface area contributed by atoms with Crippen molar-refractivity contribution in [3.05, 3.63) is 56.4 Å². The van der Waals surface area contributed by atoms with E-state index >= 15 is 0 Å². The van der Waals surface area contributed by atoms with E-state index in [2.05, 4.69) is 17.2 Å². The quantitative estimate of drug-likeness (QED) is 0.612. The molecule has 0 spiro atoms. The maximum absolute atomic E-state index is 12.8. The fourth-order valence-corrected chi connectivity index (χ4v) is 3.95. The summed E-state index contributed by atoms with van der Waals surface area (Å²) in [6, 6.07) is 6.90. The fraction of sp³-hybridized carbons (Fsp3) is 0.316. The molecule has 0 unspecified atom stereocenters. The number of carbonyl (C=O) groups is 1. The predicted octanol–water partition coefficient (Wildman–Crippen LogP) is 4.86. The highest BCUT2D eigenvalue weighted by molar-refractivity contribution is 7.20. The van der Waals surface area contributed by atoms with Crippen LogP contribution in [0.25, 0.3) is 10.2 Å². The molecule has 0 bridgehead atoms. The number of anilines is 1. The van der Waals surface area contributed by atoms with Crippen LogP contribution in [0.2, 0.25) is 5.02 Å². The van der Waals surface area contributed by atoms with Crippen molar-refractivity contribution in [1.82, 2.24) is 9.55 Å². The zero-order valence-corrected chi connectivity index (χ0v) is 16.3. The Labute approximate surface area is 160 Å². The van der Waals surface area contributed by atoms with Crippen LogP contribution in [-0.4, -0.2) is 15.5 Å². The van der Waals surface area contributed by atoms with Crippen LogP contribution in [0.5, 0.6) is 0 Å². The smallest absolute Gasteiger partial charge is 0.266 e. The second-order valence-electron chi connectivity index (χ2n) is 6.15. The molecule has 1 amide bonds. The minimum absolute atomic E-state index is 0.0783. The number of fused-ring (bicyclic) bond motifs is 1. The van der Waals surface area contributed by atoms with Crippen molar-refractivity contribution in [1.29, 1.82) is 0 Å². The largest absolute Gasteiger partial charge is 0.321 e. The van der Waals surface area contributed by atoms with E-state index in [1.807, 2.05) is 0 Å². The van der Waals surface area contributed by atoms with E-state index in [1.165, 1.54) is 11.3 Å². The first-order valence-corrected chi connectivity index (χ1v) is 9.76. The molecule has 3 aromatic rings. The molecular weight excluding hydrogens is 370 g/mol. The second-order valence-corrected chi connectivity index (χ2v) is 7.58. The number of thiophene rings is 1. The molecule has 0 fully saturated rings. The maximum Gasteiger partial charge on any atom is 0.266 e. The zero-order valence-electron chi connectivity index (χ0n) is 14.7. The summed E-state index contributed by atoms with van der Waals surface area (Å²) < 4.78 is 1.64. The summed E-state index contributed by atoms with van der Waals surface area (Å²) in [5.41, 5.74) is 1.25. The molecule has 1 aromatic carbocycles. The van der Waals surface area contributed by atoms with Gasteiger partial charge in [-0.05, 0) is 43.2 Å². The van der Waals surface area contributed by atoms with Gasteiger partial charge in [-0.2, -0.15) is 0 Å². The first-order valence-electron chi connectivity index (χ1n) is 8.56. The highest BCUT2D eigenvalue weighted by Crippen LogP contribution is 2.27. The molecule has 2 aromatic heterocycles. The van der Waals surface area contributed by atoms with Crippen LogP contribution in [0.4, 0.5) is 5.69 Å². The van der Waals surface area contributed by atoms with E-state index in [4.69, 9.17) is 11.6 Å². The molecule has 2 heterocycles. The molecule has 1 N–H and O–H groups in total. The third-order valence-corrected chi connectivity index (χ3v) is 5.68. The maximum atomic E-state index is 12.8. The van der Waals surface area contributed by atoms with Gasteiger partial charge in [-0.25, -0.2) is 4.98 Å². The van der Waals surface area contributed by atoms with Crippen LogP contribution in [0, 0.1) is 6.92 Å². The number of hydrogen-bond acceptors (Lipinski definition) is 4. The summed E-state index contributed by atoms with van der Waals surface area (Å²) in [5.74, 6) is -0.246. The number of hydrogen-bond donors (Lipinski definition) is 1. The average molecular weight is 390 g/mol. The van der Waals surface area contributed by atoms with Gasteiger partial charge >= 0.3 is 0 Å². The molecule has 136 valence electrons. The van der Waals surface area contributed by atoms with Crippen molar-refractivity contribution >= 4 is 44.7 Å². The normalized spacial score (nSPS) is 11.0. The van der Waals surface area contributed by atoms with Crippen molar-refractivity contribution in [2.45, 2.75) is 39.7 Å². The Bertz CT molecular complexity index is 992. The minimum atomic E-state index is -0.246. The zero-order chi connectivity index (χ0) is 18.7. The van der Waals surface area contributed by atoms with Crippen molar-refractivity contribution in [2.24, 2.45) is 0 Å². The summed E-state index contributed by atoms with van der Waals surface area (Å²) in [6.07, 6.45) is 4.69. The average Bonchev–Trinajstić information content (AvgIpc) is 2.97. The van der Waals surface area contributed by atoms with Crippen molar-refractivity contribution in [2.75, 3.05) is 5.32 Å². The topological polar surface area (TPSA) is 64.0 Å². The van der Waals surface area contributed by atoms with E-state index in [0.717, 1.165) is 19.3 Å². The van der Waals surface area contributed by atoms with Gasteiger partial charge in [-0.3, -0.25) is 14.2 Å². The van der Waals surface area contributed by atoms with Gasteiger partial charge in [0.15, 0.2) is 0 Å². The Kier molecular flexibility index (Phi) is 5.74. The molecule has 3 rings (SSSR count). The first kappa shape index (κ1) is 18.6. The molecule has 0 saturated heterocycles. The molecule has 5 nitrogen and oxygen atoms in total. The number of rotatable bonds is 6. The molecule has 0 aliphatic heterocycles. The number of halogens is 1.